The Morgan fingerprint density at radius 3 is 2.92 bits per heavy atom. The van der Waals surface area contributed by atoms with E-state index in [-0.39, 0.29) is 0 Å². The second-order valence-electron chi connectivity index (χ2n) is 4.68. The fourth-order valence-electron chi connectivity index (χ4n) is 2.80. The van der Waals surface area contributed by atoms with Gasteiger partial charge in [0.05, 0.1) is 0 Å². The van der Waals surface area contributed by atoms with Gasteiger partial charge in [0, 0.05) is 13.1 Å². The van der Waals surface area contributed by atoms with Crippen molar-refractivity contribution in [1.29, 1.82) is 0 Å². The lowest BCUT2D eigenvalue weighted by atomic mass is 9.87. The Hall–Kier alpha value is -0.300. The second kappa shape index (κ2) is 3.21. The minimum absolute atomic E-state index is 0.950. The van der Waals surface area contributed by atoms with E-state index in [1.807, 2.05) is 0 Å². The van der Waals surface area contributed by atoms with Crippen molar-refractivity contribution in [3.63, 3.8) is 0 Å². The first kappa shape index (κ1) is 8.31. The summed E-state index contributed by atoms with van der Waals surface area (Å²) < 4.78 is 0. The number of fused-ring (bicyclic) bond motifs is 2. The van der Waals surface area contributed by atoms with E-state index in [4.69, 9.17) is 0 Å². The van der Waals surface area contributed by atoms with Crippen LogP contribution in [0.15, 0.2) is 11.6 Å². The lowest BCUT2D eigenvalue weighted by molar-refractivity contribution is 0.157. The number of nitrogens with zero attached hydrogens (tertiary/aromatic N) is 1. The molecule has 1 aliphatic carbocycles. The standard InChI is InChI=1S/C11H19N/c1-9-3-4-10-6-11(5-9)8-12(2)7-10/h3,10-11H,4-8H2,1-2H3. The number of piperidine rings is 1. The summed E-state index contributed by atoms with van der Waals surface area (Å²) in [5.41, 5.74) is 1.62. The molecule has 0 spiro atoms. The van der Waals surface area contributed by atoms with Gasteiger partial charge in [-0.3, -0.25) is 0 Å². The Morgan fingerprint density at radius 2 is 2.08 bits per heavy atom. The number of likely N-dealkylation sites (tertiary alicyclic amines) is 1. The van der Waals surface area contributed by atoms with Crippen molar-refractivity contribution >= 4 is 0 Å². The molecule has 68 valence electrons. The van der Waals surface area contributed by atoms with E-state index >= 15 is 0 Å². The van der Waals surface area contributed by atoms with Gasteiger partial charge in [0.15, 0.2) is 0 Å². The third kappa shape index (κ3) is 1.71. The van der Waals surface area contributed by atoms with Crippen molar-refractivity contribution < 1.29 is 0 Å². The SMILES string of the molecule is CC1=CCC2CC(C1)CN(C)C2. The molecule has 1 heteroatoms. The van der Waals surface area contributed by atoms with E-state index < -0.39 is 0 Å². The number of rotatable bonds is 0. The maximum absolute atomic E-state index is 2.51. The minimum atomic E-state index is 0.950. The van der Waals surface area contributed by atoms with Crippen molar-refractivity contribution in [3.8, 4) is 0 Å². The Bertz CT molecular complexity index is 195. The van der Waals surface area contributed by atoms with E-state index in [1.165, 1.54) is 32.4 Å². The van der Waals surface area contributed by atoms with Crippen molar-refractivity contribution in [1.82, 2.24) is 4.90 Å². The number of allylic oxidation sites excluding steroid dienone is 2. The molecular weight excluding hydrogens is 146 g/mol. The van der Waals surface area contributed by atoms with Crippen LogP contribution in [-0.4, -0.2) is 25.0 Å². The van der Waals surface area contributed by atoms with E-state index in [0.29, 0.717) is 0 Å². The highest BCUT2D eigenvalue weighted by Gasteiger charge is 2.26. The van der Waals surface area contributed by atoms with Crippen LogP contribution < -0.4 is 0 Å². The van der Waals surface area contributed by atoms with Gasteiger partial charge in [-0.25, -0.2) is 0 Å². The van der Waals surface area contributed by atoms with Crippen LogP contribution in [0, 0.1) is 11.8 Å². The molecule has 2 atom stereocenters. The first-order valence-corrected chi connectivity index (χ1v) is 5.08. The van der Waals surface area contributed by atoms with Gasteiger partial charge in [0.1, 0.15) is 0 Å². The molecule has 0 aromatic carbocycles. The van der Waals surface area contributed by atoms with Crippen LogP contribution >= 0.6 is 0 Å². The first-order chi connectivity index (χ1) is 5.74. The largest absolute Gasteiger partial charge is 0.306 e. The van der Waals surface area contributed by atoms with Gasteiger partial charge in [-0.1, -0.05) is 11.6 Å². The Balaban J connectivity index is 2.08. The van der Waals surface area contributed by atoms with Gasteiger partial charge < -0.3 is 4.90 Å². The highest BCUT2D eigenvalue weighted by molar-refractivity contribution is 5.04. The van der Waals surface area contributed by atoms with Crippen LogP contribution in [0.5, 0.6) is 0 Å². The fraction of sp³-hybridized carbons (Fsp3) is 0.818. The highest BCUT2D eigenvalue weighted by atomic mass is 15.1. The minimum Gasteiger partial charge on any atom is -0.306 e. The summed E-state index contributed by atoms with van der Waals surface area (Å²) >= 11 is 0. The van der Waals surface area contributed by atoms with Gasteiger partial charge in [-0.05, 0) is 45.1 Å². The van der Waals surface area contributed by atoms with Gasteiger partial charge >= 0.3 is 0 Å². The molecule has 0 radical (unpaired) electrons. The summed E-state index contributed by atoms with van der Waals surface area (Å²) in [6, 6.07) is 0. The normalized spacial score (nSPS) is 37.3. The zero-order valence-corrected chi connectivity index (χ0v) is 8.21. The molecule has 2 rings (SSSR count). The van der Waals surface area contributed by atoms with Crippen molar-refractivity contribution in [2.45, 2.75) is 26.2 Å². The van der Waals surface area contributed by atoms with Crippen LogP contribution in [0.4, 0.5) is 0 Å². The van der Waals surface area contributed by atoms with Crippen molar-refractivity contribution in [2.24, 2.45) is 11.8 Å². The first-order valence-electron chi connectivity index (χ1n) is 5.08. The predicted octanol–water partition coefficient (Wildman–Crippen LogP) is 2.29. The zero-order chi connectivity index (χ0) is 8.55. The third-order valence-electron chi connectivity index (χ3n) is 3.22. The molecule has 1 heterocycles. The van der Waals surface area contributed by atoms with Crippen molar-refractivity contribution in [3.05, 3.63) is 11.6 Å². The van der Waals surface area contributed by atoms with Crippen molar-refractivity contribution in [2.75, 3.05) is 20.1 Å². The second-order valence-corrected chi connectivity index (χ2v) is 4.68. The maximum atomic E-state index is 2.51. The molecular formula is C11H19N. The van der Waals surface area contributed by atoms with Gasteiger partial charge in [-0.15, -0.1) is 0 Å². The molecule has 1 saturated heterocycles. The summed E-state index contributed by atoms with van der Waals surface area (Å²) in [5, 5.41) is 0. The molecule has 0 saturated carbocycles. The van der Waals surface area contributed by atoms with Crippen LogP contribution in [0.1, 0.15) is 26.2 Å². The molecule has 2 unspecified atom stereocenters. The van der Waals surface area contributed by atoms with E-state index in [2.05, 4.69) is 24.9 Å². The molecule has 0 aromatic heterocycles. The Morgan fingerprint density at radius 1 is 1.33 bits per heavy atom. The van der Waals surface area contributed by atoms with E-state index in [9.17, 15) is 0 Å². The third-order valence-corrected chi connectivity index (χ3v) is 3.22. The molecule has 2 bridgehead atoms. The summed E-state index contributed by atoms with van der Waals surface area (Å²) in [6.07, 6.45) is 6.61. The summed E-state index contributed by atoms with van der Waals surface area (Å²) in [6.45, 7) is 4.93. The fourth-order valence-corrected chi connectivity index (χ4v) is 2.80. The smallest absolute Gasteiger partial charge is 0.000990 e. The quantitative estimate of drug-likeness (QED) is 0.498. The average molecular weight is 165 g/mol. The van der Waals surface area contributed by atoms with Gasteiger partial charge in [-0.2, -0.15) is 0 Å². The topological polar surface area (TPSA) is 3.24 Å². The number of hydrogen-bond acceptors (Lipinski definition) is 1. The number of hydrogen-bond donors (Lipinski definition) is 0. The lowest BCUT2D eigenvalue weighted by Gasteiger charge is -2.33. The summed E-state index contributed by atoms with van der Waals surface area (Å²) in [4.78, 5) is 2.51. The van der Waals surface area contributed by atoms with E-state index in [1.54, 1.807) is 5.57 Å². The molecule has 1 aliphatic heterocycles. The van der Waals surface area contributed by atoms with Crippen LogP contribution in [-0.2, 0) is 0 Å². The highest BCUT2D eigenvalue weighted by Crippen LogP contribution is 2.31. The zero-order valence-electron chi connectivity index (χ0n) is 8.21. The Labute approximate surface area is 75.4 Å². The van der Waals surface area contributed by atoms with Crippen LogP contribution in [0.25, 0.3) is 0 Å². The van der Waals surface area contributed by atoms with E-state index in [0.717, 1.165) is 11.8 Å². The molecule has 0 N–H and O–H groups in total. The molecule has 12 heavy (non-hydrogen) atoms. The summed E-state index contributed by atoms with van der Waals surface area (Å²) in [5.74, 6) is 1.90. The monoisotopic (exact) mass is 165 g/mol. The van der Waals surface area contributed by atoms with Crippen LogP contribution in [0.3, 0.4) is 0 Å². The molecule has 0 aromatic rings. The molecule has 2 aliphatic rings. The predicted molar refractivity (Wildman–Crippen MR) is 52.1 cm³/mol. The average Bonchev–Trinajstić information content (AvgIpc) is 2.10. The molecule has 1 fully saturated rings. The summed E-state index contributed by atoms with van der Waals surface area (Å²) in [7, 11) is 2.26. The maximum Gasteiger partial charge on any atom is 0.000990 e. The van der Waals surface area contributed by atoms with Gasteiger partial charge in [0.2, 0.25) is 0 Å². The van der Waals surface area contributed by atoms with Crippen LogP contribution in [0.2, 0.25) is 0 Å². The lowest BCUT2D eigenvalue weighted by Crippen LogP contribution is -2.36. The van der Waals surface area contributed by atoms with Gasteiger partial charge in [0.25, 0.3) is 0 Å². The molecule has 1 nitrogen and oxygen atoms in total. The Kier molecular flexibility index (Phi) is 2.22. The molecule has 0 amide bonds.